The van der Waals surface area contributed by atoms with E-state index in [-0.39, 0.29) is 0 Å². The van der Waals surface area contributed by atoms with Crippen molar-refractivity contribution in [3.63, 3.8) is 0 Å². The molecule has 0 spiro atoms. The number of ether oxygens (including phenoxy) is 1. The van der Waals surface area contributed by atoms with Crippen molar-refractivity contribution in [2.45, 2.75) is 52.4 Å². The molecule has 28 heavy (non-hydrogen) atoms. The third-order valence-electron chi connectivity index (χ3n) is 6.09. The standard InChI is InChI=1S/C25H29NO2/c1-4-17(2)22-12-10-20-16-21(11-13-23(20)22)27-15-14-24-18(3)28-25(26-24)19-8-6-5-7-9-19/h5-9,11,13,16-17,22H,4,10,12,14-15H2,1-3H3. The highest BCUT2D eigenvalue weighted by Gasteiger charge is 2.26. The first-order chi connectivity index (χ1) is 13.7. The summed E-state index contributed by atoms with van der Waals surface area (Å²) in [6, 6.07) is 16.7. The summed E-state index contributed by atoms with van der Waals surface area (Å²) in [7, 11) is 0. The lowest BCUT2D eigenvalue weighted by molar-refractivity contribution is 0.319. The van der Waals surface area contributed by atoms with Gasteiger partial charge >= 0.3 is 0 Å². The lowest BCUT2D eigenvalue weighted by Crippen LogP contribution is -2.06. The summed E-state index contributed by atoms with van der Waals surface area (Å²) in [5.74, 6) is 3.98. The molecule has 2 atom stereocenters. The van der Waals surface area contributed by atoms with Crippen LogP contribution in [0.5, 0.6) is 5.75 Å². The van der Waals surface area contributed by atoms with Gasteiger partial charge in [0.15, 0.2) is 0 Å². The van der Waals surface area contributed by atoms with Crippen LogP contribution in [0.1, 0.15) is 55.2 Å². The van der Waals surface area contributed by atoms with Gasteiger partial charge in [-0.3, -0.25) is 0 Å². The van der Waals surface area contributed by atoms with E-state index >= 15 is 0 Å². The number of aryl methyl sites for hydroxylation is 2. The predicted octanol–water partition coefficient (Wildman–Crippen LogP) is 6.35. The van der Waals surface area contributed by atoms with Gasteiger partial charge in [0, 0.05) is 12.0 Å². The zero-order valence-electron chi connectivity index (χ0n) is 17.1. The van der Waals surface area contributed by atoms with Crippen molar-refractivity contribution in [1.29, 1.82) is 0 Å². The highest BCUT2D eigenvalue weighted by molar-refractivity contribution is 5.53. The Bertz CT molecular complexity index is 929. The number of hydrogen-bond acceptors (Lipinski definition) is 3. The van der Waals surface area contributed by atoms with E-state index in [2.05, 4.69) is 37.0 Å². The average Bonchev–Trinajstić information content (AvgIpc) is 3.31. The Hall–Kier alpha value is -2.55. The molecule has 0 aliphatic heterocycles. The van der Waals surface area contributed by atoms with Crippen LogP contribution in [0.3, 0.4) is 0 Å². The maximum absolute atomic E-state index is 6.05. The quantitative estimate of drug-likeness (QED) is 0.483. The lowest BCUT2D eigenvalue weighted by atomic mass is 9.87. The molecule has 2 unspecified atom stereocenters. The lowest BCUT2D eigenvalue weighted by Gasteiger charge is -2.18. The van der Waals surface area contributed by atoms with Crippen LogP contribution in [0.2, 0.25) is 0 Å². The molecule has 0 saturated carbocycles. The van der Waals surface area contributed by atoms with Crippen molar-refractivity contribution in [3.8, 4) is 17.2 Å². The van der Waals surface area contributed by atoms with E-state index in [4.69, 9.17) is 9.15 Å². The zero-order valence-corrected chi connectivity index (χ0v) is 17.1. The fraction of sp³-hybridized carbons (Fsp3) is 0.400. The minimum atomic E-state index is 0.606. The van der Waals surface area contributed by atoms with Crippen LogP contribution >= 0.6 is 0 Å². The van der Waals surface area contributed by atoms with E-state index in [0.717, 1.165) is 35.1 Å². The molecule has 3 aromatic rings. The molecule has 2 aromatic carbocycles. The second kappa shape index (κ2) is 8.22. The Morgan fingerprint density at radius 2 is 2.00 bits per heavy atom. The Labute approximate surface area is 167 Å². The summed E-state index contributed by atoms with van der Waals surface area (Å²) in [6.07, 6.45) is 4.43. The molecule has 0 saturated heterocycles. The molecular weight excluding hydrogens is 346 g/mol. The molecule has 0 bridgehead atoms. The zero-order chi connectivity index (χ0) is 19.5. The summed E-state index contributed by atoms with van der Waals surface area (Å²) in [4.78, 5) is 4.66. The van der Waals surface area contributed by atoms with Crippen LogP contribution in [-0.4, -0.2) is 11.6 Å². The fourth-order valence-electron chi connectivity index (χ4n) is 4.22. The third-order valence-corrected chi connectivity index (χ3v) is 6.09. The van der Waals surface area contributed by atoms with Crippen molar-refractivity contribution < 1.29 is 9.15 Å². The van der Waals surface area contributed by atoms with Gasteiger partial charge in [0.25, 0.3) is 0 Å². The van der Waals surface area contributed by atoms with Gasteiger partial charge in [0.1, 0.15) is 11.5 Å². The second-order valence-corrected chi connectivity index (χ2v) is 7.88. The molecule has 146 valence electrons. The number of benzene rings is 2. The van der Waals surface area contributed by atoms with Gasteiger partial charge in [-0.25, -0.2) is 4.98 Å². The summed E-state index contributed by atoms with van der Waals surface area (Å²) in [5.41, 5.74) is 4.97. The van der Waals surface area contributed by atoms with Gasteiger partial charge in [-0.15, -0.1) is 0 Å². The molecular formula is C25H29NO2. The molecule has 1 aliphatic rings. The molecule has 3 nitrogen and oxygen atoms in total. The number of hydrogen-bond donors (Lipinski definition) is 0. The number of aromatic nitrogens is 1. The Morgan fingerprint density at radius 3 is 2.79 bits per heavy atom. The van der Waals surface area contributed by atoms with Crippen molar-refractivity contribution in [2.75, 3.05) is 6.61 Å². The monoisotopic (exact) mass is 375 g/mol. The van der Waals surface area contributed by atoms with Gasteiger partial charge < -0.3 is 9.15 Å². The SMILES string of the molecule is CCC(C)C1CCc2cc(OCCc3nc(-c4ccccc4)oc3C)ccc21. The topological polar surface area (TPSA) is 35.3 Å². The van der Waals surface area contributed by atoms with E-state index in [1.54, 1.807) is 0 Å². The summed E-state index contributed by atoms with van der Waals surface area (Å²) >= 11 is 0. The van der Waals surface area contributed by atoms with Crippen LogP contribution in [0.15, 0.2) is 52.9 Å². The molecule has 1 aliphatic carbocycles. The number of rotatable bonds is 7. The molecule has 0 N–H and O–H groups in total. The maximum Gasteiger partial charge on any atom is 0.226 e. The average molecular weight is 376 g/mol. The highest BCUT2D eigenvalue weighted by Crippen LogP contribution is 2.40. The van der Waals surface area contributed by atoms with Crippen molar-refractivity contribution in [2.24, 2.45) is 5.92 Å². The minimum absolute atomic E-state index is 0.606. The summed E-state index contributed by atoms with van der Waals surface area (Å²) in [6.45, 7) is 7.23. The smallest absolute Gasteiger partial charge is 0.226 e. The molecule has 0 fully saturated rings. The largest absolute Gasteiger partial charge is 0.493 e. The van der Waals surface area contributed by atoms with Gasteiger partial charge in [-0.2, -0.15) is 0 Å². The first kappa shape index (κ1) is 18.8. The molecule has 0 radical (unpaired) electrons. The number of oxazole rings is 1. The van der Waals surface area contributed by atoms with Crippen molar-refractivity contribution >= 4 is 0 Å². The van der Waals surface area contributed by atoms with Crippen LogP contribution in [0.4, 0.5) is 0 Å². The van der Waals surface area contributed by atoms with Gasteiger partial charge in [-0.05, 0) is 67.0 Å². The van der Waals surface area contributed by atoms with Crippen molar-refractivity contribution in [1.82, 2.24) is 4.98 Å². The van der Waals surface area contributed by atoms with E-state index < -0.39 is 0 Å². The summed E-state index contributed by atoms with van der Waals surface area (Å²) in [5, 5.41) is 0. The van der Waals surface area contributed by atoms with E-state index in [0.29, 0.717) is 18.4 Å². The van der Waals surface area contributed by atoms with Crippen LogP contribution in [0, 0.1) is 12.8 Å². The number of fused-ring (bicyclic) bond motifs is 1. The van der Waals surface area contributed by atoms with Gasteiger partial charge in [0.2, 0.25) is 5.89 Å². The fourth-order valence-corrected chi connectivity index (χ4v) is 4.22. The Morgan fingerprint density at radius 1 is 1.18 bits per heavy atom. The minimum Gasteiger partial charge on any atom is -0.493 e. The van der Waals surface area contributed by atoms with Crippen LogP contribution in [0.25, 0.3) is 11.5 Å². The van der Waals surface area contributed by atoms with Crippen LogP contribution < -0.4 is 4.74 Å². The van der Waals surface area contributed by atoms with Crippen molar-refractivity contribution in [3.05, 3.63) is 71.1 Å². The molecule has 3 heteroatoms. The Kier molecular flexibility index (Phi) is 5.52. The second-order valence-electron chi connectivity index (χ2n) is 7.88. The van der Waals surface area contributed by atoms with Crippen LogP contribution in [-0.2, 0) is 12.8 Å². The Balaban J connectivity index is 1.38. The van der Waals surface area contributed by atoms with E-state index in [9.17, 15) is 0 Å². The van der Waals surface area contributed by atoms with Gasteiger partial charge in [-0.1, -0.05) is 44.5 Å². The first-order valence-electron chi connectivity index (χ1n) is 10.4. The van der Waals surface area contributed by atoms with E-state index in [1.807, 2.05) is 37.3 Å². The maximum atomic E-state index is 6.05. The number of nitrogens with zero attached hydrogens (tertiary/aromatic N) is 1. The van der Waals surface area contributed by atoms with E-state index in [1.165, 1.54) is 30.4 Å². The first-order valence-corrected chi connectivity index (χ1v) is 10.4. The normalized spacial score (nSPS) is 16.8. The molecule has 1 heterocycles. The predicted molar refractivity (Wildman–Crippen MR) is 113 cm³/mol. The molecule has 1 aromatic heterocycles. The third kappa shape index (κ3) is 3.84. The molecule has 4 rings (SSSR count). The summed E-state index contributed by atoms with van der Waals surface area (Å²) < 4.78 is 11.9. The van der Waals surface area contributed by atoms with Gasteiger partial charge in [0.05, 0.1) is 12.3 Å². The highest BCUT2D eigenvalue weighted by atomic mass is 16.5. The molecule has 0 amide bonds.